The number of rotatable bonds is 2. The summed E-state index contributed by atoms with van der Waals surface area (Å²) in [4.78, 5) is 2.12. The molecule has 0 bridgehead atoms. The van der Waals surface area contributed by atoms with Gasteiger partial charge < -0.3 is 4.90 Å². The molecule has 2 heterocycles. The molecule has 0 unspecified atom stereocenters. The van der Waals surface area contributed by atoms with Crippen molar-refractivity contribution in [1.82, 2.24) is 9.78 Å². The van der Waals surface area contributed by atoms with Crippen molar-refractivity contribution in [2.45, 2.75) is 26.4 Å². The summed E-state index contributed by atoms with van der Waals surface area (Å²) in [5, 5.41) is 23.1. The van der Waals surface area contributed by atoms with E-state index in [0.29, 0.717) is 24.2 Å². The second-order valence-corrected chi connectivity index (χ2v) is 5.15. The largest absolute Gasteiger partial charge is 0.347 e. The molecule has 0 amide bonds. The fourth-order valence-corrected chi connectivity index (χ4v) is 2.97. The summed E-state index contributed by atoms with van der Waals surface area (Å²) in [6, 6.07) is 10.3. The Morgan fingerprint density at radius 1 is 1.24 bits per heavy atom. The van der Waals surface area contributed by atoms with Crippen molar-refractivity contribution in [2.75, 3.05) is 4.90 Å². The van der Waals surface area contributed by atoms with Crippen molar-refractivity contribution in [2.24, 2.45) is 7.05 Å². The Kier molecular flexibility index (Phi) is 3.12. The highest BCUT2D eigenvalue weighted by molar-refractivity contribution is 5.61. The number of hydrogen-bond acceptors (Lipinski definition) is 4. The van der Waals surface area contributed by atoms with E-state index < -0.39 is 0 Å². The molecule has 1 aromatic heterocycles. The molecule has 2 aromatic rings. The highest BCUT2D eigenvalue weighted by Gasteiger charge is 2.27. The van der Waals surface area contributed by atoms with E-state index in [1.54, 1.807) is 4.68 Å². The fourth-order valence-electron chi connectivity index (χ4n) is 2.97. The maximum absolute atomic E-state index is 9.44. The quantitative estimate of drug-likeness (QED) is 0.844. The monoisotopic (exact) mass is 277 g/mol. The van der Waals surface area contributed by atoms with Crippen molar-refractivity contribution in [1.29, 1.82) is 10.5 Å². The van der Waals surface area contributed by atoms with E-state index in [1.165, 1.54) is 0 Å². The van der Waals surface area contributed by atoms with E-state index in [0.717, 1.165) is 29.1 Å². The second kappa shape index (κ2) is 4.96. The minimum Gasteiger partial charge on any atom is -0.347 e. The maximum Gasteiger partial charge on any atom is 0.145 e. The van der Waals surface area contributed by atoms with Gasteiger partial charge in [0.05, 0.1) is 17.3 Å². The van der Waals surface area contributed by atoms with Crippen LogP contribution in [0.1, 0.15) is 34.9 Å². The number of nitrogens with zero attached hydrogens (tertiary/aromatic N) is 5. The summed E-state index contributed by atoms with van der Waals surface area (Å²) < 4.78 is 1.77. The Morgan fingerprint density at radius 2 is 2.05 bits per heavy atom. The van der Waals surface area contributed by atoms with Crippen LogP contribution in [-0.2, 0) is 26.6 Å². The lowest BCUT2D eigenvalue weighted by molar-refractivity contribution is 0.709. The molecule has 0 saturated heterocycles. The van der Waals surface area contributed by atoms with Gasteiger partial charge in [0.1, 0.15) is 17.5 Å². The van der Waals surface area contributed by atoms with Crippen LogP contribution in [0.5, 0.6) is 0 Å². The Morgan fingerprint density at radius 3 is 2.71 bits per heavy atom. The SMILES string of the molecule is CCc1nn(C)c(N2Cc3cccc(C#N)c3C2)c1C#N. The highest BCUT2D eigenvalue weighted by atomic mass is 15.4. The zero-order valence-electron chi connectivity index (χ0n) is 12.1. The topological polar surface area (TPSA) is 68.6 Å². The van der Waals surface area contributed by atoms with Crippen LogP contribution >= 0.6 is 0 Å². The van der Waals surface area contributed by atoms with Crippen LogP contribution in [0.2, 0.25) is 0 Å². The normalized spacial score (nSPS) is 12.9. The maximum atomic E-state index is 9.44. The van der Waals surface area contributed by atoms with Crippen molar-refractivity contribution < 1.29 is 0 Å². The average Bonchev–Trinajstić information content (AvgIpc) is 3.06. The molecule has 0 aliphatic carbocycles. The molecule has 0 N–H and O–H groups in total. The van der Waals surface area contributed by atoms with Gasteiger partial charge in [-0.05, 0) is 23.6 Å². The van der Waals surface area contributed by atoms with Crippen LogP contribution < -0.4 is 4.90 Å². The third-order valence-electron chi connectivity index (χ3n) is 3.94. The first kappa shape index (κ1) is 13.2. The molecule has 5 nitrogen and oxygen atoms in total. The molecule has 5 heteroatoms. The van der Waals surface area contributed by atoms with E-state index in [4.69, 9.17) is 0 Å². The third kappa shape index (κ3) is 1.95. The van der Waals surface area contributed by atoms with E-state index >= 15 is 0 Å². The summed E-state index contributed by atoms with van der Waals surface area (Å²) in [6.45, 7) is 3.36. The van der Waals surface area contributed by atoms with Crippen LogP contribution in [0.3, 0.4) is 0 Å². The summed E-state index contributed by atoms with van der Waals surface area (Å²) >= 11 is 0. The van der Waals surface area contributed by atoms with Crippen LogP contribution in [0.25, 0.3) is 0 Å². The molecule has 0 saturated carbocycles. The van der Waals surface area contributed by atoms with Gasteiger partial charge in [-0.15, -0.1) is 0 Å². The molecule has 104 valence electrons. The predicted molar refractivity (Wildman–Crippen MR) is 78.3 cm³/mol. The first-order chi connectivity index (χ1) is 10.2. The number of aryl methyl sites for hydroxylation is 2. The predicted octanol–water partition coefficient (Wildman–Crippen LogP) is 2.25. The summed E-state index contributed by atoms with van der Waals surface area (Å²) in [5.74, 6) is 0.842. The molecule has 21 heavy (non-hydrogen) atoms. The highest BCUT2D eigenvalue weighted by Crippen LogP contribution is 2.33. The van der Waals surface area contributed by atoms with Gasteiger partial charge in [-0.1, -0.05) is 19.1 Å². The van der Waals surface area contributed by atoms with Gasteiger partial charge in [0.15, 0.2) is 0 Å². The van der Waals surface area contributed by atoms with Gasteiger partial charge in [-0.2, -0.15) is 15.6 Å². The van der Waals surface area contributed by atoms with E-state index in [2.05, 4.69) is 22.1 Å². The smallest absolute Gasteiger partial charge is 0.145 e. The minimum absolute atomic E-state index is 0.645. The van der Waals surface area contributed by atoms with Crippen LogP contribution in [-0.4, -0.2) is 9.78 Å². The lowest BCUT2D eigenvalue weighted by Gasteiger charge is -2.18. The Balaban J connectivity index is 2.05. The standard InChI is InChI=1S/C16H15N5/c1-3-15-13(8-18)16(20(2)19-15)21-9-12-6-4-5-11(7-17)14(12)10-21/h4-6H,3,9-10H2,1-2H3. The van der Waals surface area contributed by atoms with Crippen molar-refractivity contribution >= 4 is 5.82 Å². The number of hydrogen-bond donors (Lipinski definition) is 0. The summed E-state index contributed by atoms with van der Waals surface area (Å²) in [7, 11) is 1.86. The molecule has 0 spiro atoms. The van der Waals surface area contributed by atoms with Gasteiger partial charge in [0.2, 0.25) is 0 Å². The van der Waals surface area contributed by atoms with Gasteiger partial charge in [0.25, 0.3) is 0 Å². The first-order valence-corrected chi connectivity index (χ1v) is 6.91. The molecule has 1 aromatic carbocycles. The lowest BCUT2D eigenvalue weighted by atomic mass is 10.1. The minimum atomic E-state index is 0.645. The zero-order chi connectivity index (χ0) is 15.0. The summed E-state index contributed by atoms with van der Waals surface area (Å²) in [6.07, 6.45) is 0.737. The van der Waals surface area contributed by atoms with Crippen molar-refractivity contribution in [3.63, 3.8) is 0 Å². The van der Waals surface area contributed by atoms with E-state index in [1.807, 2.05) is 32.2 Å². The number of anilines is 1. The number of fused-ring (bicyclic) bond motifs is 1. The van der Waals surface area contributed by atoms with Gasteiger partial charge >= 0.3 is 0 Å². The van der Waals surface area contributed by atoms with Gasteiger partial charge in [-0.25, -0.2) is 0 Å². The molecule has 0 fully saturated rings. The average molecular weight is 277 g/mol. The third-order valence-corrected chi connectivity index (χ3v) is 3.94. The molecule has 0 atom stereocenters. The number of nitriles is 2. The molecular formula is C16H15N5. The number of benzene rings is 1. The molecule has 0 radical (unpaired) electrons. The van der Waals surface area contributed by atoms with Crippen LogP contribution in [0.4, 0.5) is 5.82 Å². The molecular weight excluding hydrogens is 262 g/mol. The van der Waals surface area contributed by atoms with Gasteiger partial charge in [0, 0.05) is 20.1 Å². The van der Waals surface area contributed by atoms with Crippen LogP contribution in [0, 0.1) is 22.7 Å². The van der Waals surface area contributed by atoms with Gasteiger partial charge in [-0.3, -0.25) is 4.68 Å². The Labute approximate surface area is 123 Å². The summed E-state index contributed by atoms with van der Waals surface area (Å²) in [5.41, 5.74) is 4.39. The van der Waals surface area contributed by atoms with Crippen LogP contribution in [0.15, 0.2) is 18.2 Å². The Hall–Kier alpha value is -2.79. The van der Waals surface area contributed by atoms with Crippen molar-refractivity contribution in [3.8, 4) is 12.1 Å². The first-order valence-electron chi connectivity index (χ1n) is 6.91. The second-order valence-electron chi connectivity index (χ2n) is 5.15. The fraction of sp³-hybridized carbons (Fsp3) is 0.312. The number of aromatic nitrogens is 2. The molecule has 1 aliphatic heterocycles. The lowest BCUT2D eigenvalue weighted by Crippen LogP contribution is -2.19. The van der Waals surface area contributed by atoms with Crippen molar-refractivity contribution in [3.05, 3.63) is 46.1 Å². The molecule has 3 rings (SSSR count). The molecule has 1 aliphatic rings. The van der Waals surface area contributed by atoms with E-state index in [9.17, 15) is 10.5 Å². The van der Waals surface area contributed by atoms with E-state index in [-0.39, 0.29) is 0 Å². The zero-order valence-corrected chi connectivity index (χ0v) is 12.1. The Bertz CT molecular complexity index is 788.